The number of benzene rings is 2. The van der Waals surface area contributed by atoms with Crippen molar-refractivity contribution in [2.75, 3.05) is 0 Å². The zero-order chi connectivity index (χ0) is 26.3. The van der Waals surface area contributed by atoms with Gasteiger partial charge in [0.2, 0.25) is 5.91 Å². The van der Waals surface area contributed by atoms with E-state index in [4.69, 9.17) is 0 Å². The van der Waals surface area contributed by atoms with Gasteiger partial charge in [-0.1, -0.05) is 6.07 Å². The van der Waals surface area contributed by atoms with Crippen LogP contribution in [0.3, 0.4) is 0 Å². The molecule has 4 rings (SSSR count). The minimum Gasteiger partial charge on any atom is -0.406 e. The number of pyridine rings is 1. The Kier molecular flexibility index (Phi) is 6.32. The third kappa shape index (κ3) is 5.37. The molecule has 8 heteroatoms. The van der Waals surface area contributed by atoms with Crippen molar-refractivity contribution in [3.05, 3.63) is 78.6 Å². The number of ether oxygens (including phenoxy) is 1. The maximum Gasteiger partial charge on any atom is 0.573 e. The molecule has 2 aromatic heterocycles. The van der Waals surface area contributed by atoms with Crippen molar-refractivity contribution < 1.29 is 22.7 Å². The van der Waals surface area contributed by atoms with Gasteiger partial charge in [0.1, 0.15) is 5.75 Å². The van der Waals surface area contributed by atoms with E-state index in [0.717, 1.165) is 27.8 Å². The van der Waals surface area contributed by atoms with Crippen LogP contribution in [-0.4, -0.2) is 27.4 Å². The van der Waals surface area contributed by atoms with Crippen LogP contribution in [0.15, 0.2) is 73.1 Å². The number of rotatable bonds is 5. The molecule has 0 radical (unpaired) electrons. The first kappa shape index (κ1) is 25.3. The number of carbonyl (C=O) groups excluding carboxylic acids is 1. The monoisotopic (exact) mass is 495 g/mol. The van der Waals surface area contributed by atoms with Gasteiger partial charge in [-0.3, -0.25) is 9.78 Å². The molecule has 4 aromatic rings. The van der Waals surface area contributed by atoms with Crippen molar-refractivity contribution in [3.8, 4) is 22.7 Å². The Morgan fingerprint density at radius 3 is 2.22 bits per heavy atom. The second-order valence-corrected chi connectivity index (χ2v) is 10.3. The lowest BCUT2D eigenvalue weighted by Crippen LogP contribution is -2.48. The molecule has 0 aliphatic carbocycles. The van der Waals surface area contributed by atoms with Gasteiger partial charge in [0.15, 0.2) is 0 Å². The summed E-state index contributed by atoms with van der Waals surface area (Å²) in [5.74, 6) is -0.370. The number of amides is 1. The van der Waals surface area contributed by atoms with Crippen molar-refractivity contribution in [2.45, 2.75) is 51.9 Å². The second kappa shape index (κ2) is 9.00. The Hall–Kier alpha value is -3.81. The summed E-state index contributed by atoms with van der Waals surface area (Å²) in [6.07, 6.45) is -1.36. The summed E-state index contributed by atoms with van der Waals surface area (Å²) >= 11 is 0. The molecule has 36 heavy (non-hydrogen) atoms. The van der Waals surface area contributed by atoms with Crippen molar-refractivity contribution in [1.29, 1.82) is 0 Å². The zero-order valence-corrected chi connectivity index (χ0v) is 20.8. The Morgan fingerprint density at radius 1 is 0.944 bits per heavy atom. The smallest absolute Gasteiger partial charge is 0.406 e. The molecule has 2 heterocycles. The van der Waals surface area contributed by atoms with Gasteiger partial charge in [-0.15, -0.1) is 13.2 Å². The van der Waals surface area contributed by atoms with Crippen LogP contribution in [0.1, 0.15) is 40.2 Å². The first-order chi connectivity index (χ1) is 16.7. The molecule has 0 atom stereocenters. The maximum absolute atomic E-state index is 13.0. The minimum atomic E-state index is -4.76. The van der Waals surface area contributed by atoms with E-state index in [1.54, 1.807) is 24.5 Å². The summed E-state index contributed by atoms with van der Waals surface area (Å²) in [6, 6.07) is 17.3. The van der Waals surface area contributed by atoms with E-state index < -0.39 is 11.8 Å². The number of hydrogen-bond donors (Lipinski definition) is 1. The van der Waals surface area contributed by atoms with Gasteiger partial charge in [0.05, 0.1) is 28.5 Å². The molecule has 0 aliphatic rings. The van der Waals surface area contributed by atoms with Crippen LogP contribution < -0.4 is 10.1 Å². The number of carbonyl (C=O) groups is 1. The molecule has 0 fully saturated rings. The van der Waals surface area contributed by atoms with Crippen molar-refractivity contribution in [2.24, 2.45) is 0 Å². The molecule has 0 bridgehead atoms. The highest BCUT2D eigenvalue weighted by Gasteiger charge is 2.33. The summed E-state index contributed by atoms with van der Waals surface area (Å²) in [7, 11) is 0. The second-order valence-electron chi connectivity index (χ2n) is 10.3. The molecule has 1 N–H and O–H groups in total. The first-order valence-electron chi connectivity index (χ1n) is 11.5. The van der Waals surface area contributed by atoms with Gasteiger partial charge in [-0.2, -0.15) is 0 Å². The van der Waals surface area contributed by atoms with E-state index in [0.29, 0.717) is 5.56 Å². The van der Waals surface area contributed by atoms with Crippen LogP contribution in [0.4, 0.5) is 13.2 Å². The fourth-order valence-electron chi connectivity index (χ4n) is 4.04. The summed E-state index contributed by atoms with van der Waals surface area (Å²) in [4.78, 5) is 17.3. The molecule has 0 saturated heterocycles. The average Bonchev–Trinajstić information content (AvgIpc) is 3.16. The van der Waals surface area contributed by atoms with Crippen LogP contribution in [0.5, 0.6) is 5.75 Å². The van der Waals surface area contributed by atoms with E-state index in [-0.39, 0.29) is 17.2 Å². The van der Waals surface area contributed by atoms with Crippen LogP contribution in [0, 0.1) is 0 Å². The number of nitrogens with one attached hydrogen (secondary N) is 1. The normalized spacial score (nSPS) is 12.6. The molecule has 0 unspecified atom stereocenters. The predicted octanol–water partition coefficient (Wildman–Crippen LogP) is 6.78. The van der Waals surface area contributed by atoms with Crippen LogP contribution in [0.25, 0.3) is 27.8 Å². The predicted molar refractivity (Wildman–Crippen MR) is 134 cm³/mol. The van der Waals surface area contributed by atoms with Gasteiger partial charge in [-0.05, 0) is 100 Å². The summed E-state index contributed by atoms with van der Waals surface area (Å²) in [5.41, 5.74) is 2.85. The van der Waals surface area contributed by atoms with E-state index >= 15 is 0 Å². The van der Waals surface area contributed by atoms with E-state index in [1.807, 2.05) is 75.6 Å². The molecule has 5 nitrogen and oxygen atoms in total. The van der Waals surface area contributed by atoms with Gasteiger partial charge in [0, 0.05) is 17.1 Å². The highest BCUT2D eigenvalue weighted by atomic mass is 19.4. The topological polar surface area (TPSA) is 56.1 Å². The molecular weight excluding hydrogens is 467 g/mol. The summed E-state index contributed by atoms with van der Waals surface area (Å²) < 4.78 is 43.8. The minimum absolute atomic E-state index is 0.0819. The molecular formula is C28H28F3N3O2. The summed E-state index contributed by atoms with van der Waals surface area (Å²) in [6.45, 7) is 9.59. The first-order valence-corrected chi connectivity index (χ1v) is 11.5. The van der Waals surface area contributed by atoms with Gasteiger partial charge in [0.25, 0.3) is 0 Å². The van der Waals surface area contributed by atoms with Crippen molar-refractivity contribution in [1.82, 2.24) is 14.9 Å². The Bertz CT molecular complexity index is 1380. The van der Waals surface area contributed by atoms with Crippen molar-refractivity contribution in [3.63, 3.8) is 0 Å². The molecule has 0 saturated carbocycles. The number of hydrogen-bond acceptors (Lipinski definition) is 3. The standard InChI is InChI=1S/C28H28F3N3O2/c1-26(2,3)33-25(35)27(4,5)20-10-13-23-19(15-20)16-24(34(23)21-7-6-14-32-17-21)18-8-11-22(12-9-18)36-28(29,30)31/h6-17H,1-5H3,(H,33,35). The Labute approximate surface area is 207 Å². The number of aromatic nitrogens is 2. The third-order valence-electron chi connectivity index (χ3n) is 5.87. The lowest BCUT2D eigenvalue weighted by molar-refractivity contribution is -0.274. The quantitative estimate of drug-likeness (QED) is 0.332. The molecule has 0 aliphatic heterocycles. The largest absolute Gasteiger partial charge is 0.573 e. The van der Waals surface area contributed by atoms with E-state index in [2.05, 4.69) is 15.0 Å². The van der Waals surface area contributed by atoms with E-state index in [1.165, 1.54) is 12.1 Å². The van der Waals surface area contributed by atoms with Crippen molar-refractivity contribution >= 4 is 16.8 Å². The van der Waals surface area contributed by atoms with Crippen LogP contribution >= 0.6 is 0 Å². The van der Waals surface area contributed by atoms with Gasteiger partial charge in [-0.25, -0.2) is 0 Å². The molecule has 1 amide bonds. The number of alkyl halides is 3. The number of nitrogens with zero attached hydrogens (tertiary/aromatic N) is 2. The van der Waals surface area contributed by atoms with Crippen LogP contribution in [0.2, 0.25) is 0 Å². The van der Waals surface area contributed by atoms with Gasteiger partial charge >= 0.3 is 6.36 Å². The highest BCUT2D eigenvalue weighted by Crippen LogP contribution is 2.35. The molecule has 188 valence electrons. The highest BCUT2D eigenvalue weighted by molar-refractivity contribution is 5.93. The SMILES string of the molecule is CC(C)(C)NC(=O)C(C)(C)c1ccc2c(c1)cc(-c1ccc(OC(F)(F)F)cc1)n2-c1cccnc1. The fourth-order valence-corrected chi connectivity index (χ4v) is 4.04. The van der Waals surface area contributed by atoms with E-state index in [9.17, 15) is 18.0 Å². The third-order valence-corrected chi connectivity index (χ3v) is 5.87. The molecule has 2 aromatic carbocycles. The molecule has 0 spiro atoms. The lowest BCUT2D eigenvalue weighted by Gasteiger charge is -2.30. The number of fused-ring (bicyclic) bond motifs is 1. The fraction of sp³-hybridized carbons (Fsp3) is 0.286. The Balaban J connectivity index is 1.82. The Morgan fingerprint density at radius 2 is 1.64 bits per heavy atom. The summed E-state index contributed by atoms with van der Waals surface area (Å²) in [5, 5.41) is 3.94. The zero-order valence-electron chi connectivity index (χ0n) is 20.8. The van der Waals surface area contributed by atoms with Crippen LogP contribution in [-0.2, 0) is 10.2 Å². The maximum atomic E-state index is 13.0. The average molecular weight is 496 g/mol. The lowest BCUT2D eigenvalue weighted by atomic mass is 9.82. The number of halogens is 3. The van der Waals surface area contributed by atoms with Gasteiger partial charge < -0.3 is 14.6 Å².